The first kappa shape index (κ1) is 22.7. The third kappa shape index (κ3) is 5.71. The highest BCUT2D eigenvalue weighted by molar-refractivity contribution is 5.92. The minimum Gasteiger partial charge on any atom is -0.493 e. The quantitative estimate of drug-likeness (QED) is 0.491. The second kappa shape index (κ2) is 10.8. The summed E-state index contributed by atoms with van der Waals surface area (Å²) in [6.45, 7) is 6.42. The van der Waals surface area contributed by atoms with Gasteiger partial charge in [0.25, 0.3) is 0 Å². The first-order valence-electron chi connectivity index (χ1n) is 9.66. The van der Waals surface area contributed by atoms with Crippen molar-refractivity contribution in [1.82, 2.24) is 15.1 Å². The number of hydrogen-bond donors (Lipinski definition) is 1. The summed E-state index contributed by atoms with van der Waals surface area (Å²) in [7, 11) is 4.64. The molecule has 1 fully saturated rings. The van der Waals surface area contributed by atoms with E-state index < -0.39 is 0 Å². The molecule has 8 nitrogen and oxygen atoms in total. The van der Waals surface area contributed by atoms with Crippen LogP contribution in [0.3, 0.4) is 0 Å². The molecule has 1 unspecified atom stereocenters. The summed E-state index contributed by atoms with van der Waals surface area (Å²) in [5.74, 6) is 1.47. The summed E-state index contributed by atoms with van der Waals surface area (Å²) in [6, 6.07) is 3.80. The zero-order valence-corrected chi connectivity index (χ0v) is 17.8. The molecule has 1 atom stereocenters. The second-order valence-corrected chi connectivity index (χ2v) is 7.02. The molecule has 0 bridgehead atoms. The van der Waals surface area contributed by atoms with Gasteiger partial charge in [-0.25, -0.2) is 0 Å². The average molecular weight is 405 g/mol. The Balaban J connectivity index is 2.03. The molecule has 1 heterocycles. The number of carbonyl (C=O) groups is 2. The summed E-state index contributed by atoms with van der Waals surface area (Å²) in [6.07, 6.45) is 3.84. The smallest absolute Gasteiger partial charge is 0.246 e. The predicted molar refractivity (Wildman–Crippen MR) is 111 cm³/mol. The Morgan fingerprint density at radius 2 is 1.69 bits per heavy atom. The van der Waals surface area contributed by atoms with E-state index in [4.69, 9.17) is 14.2 Å². The summed E-state index contributed by atoms with van der Waals surface area (Å²) >= 11 is 0. The zero-order valence-electron chi connectivity index (χ0n) is 17.8. The Morgan fingerprint density at radius 3 is 2.21 bits per heavy atom. The van der Waals surface area contributed by atoms with Crippen molar-refractivity contribution in [1.29, 1.82) is 0 Å². The van der Waals surface area contributed by atoms with Gasteiger partial charge in [0.05, 0.1) is 21.3 Å². The number of nitrogens with zero attached hydrogens (tertiary/aromatic N) is 2. The van der Waals surface area contributed by atoms with E-state index in [1.54, 1.807) is 38.4 Å². The van der Waals surface area contributed by atoms with Crippen LogP contribution in [0.5, 0.6) is 17.2 Å². The number of rotatable bonds is 9. The third-order valence-electron chi connectivity index (χ3n) is 4.79. The van der Waals surface area contributed by atoms with Crippen LogP contribution >= 0.6 is 0 Å². The van der Waals surface area contributed by atoms with E-state index in [1.165, 1.54) is 6.08 Å². The van der Waals surface area contributed by atoms with Crippen LogP contribution in [0.1, 0.15) is 19.4 Å². The molecule has 8 heteroatoms. The minimum absolute atomic E-state index is 0.0824. The summed E-state index contributed by atoms with van der Waals surface area (Å²) in [4.78, 5) is 27.8. The highest BCUT2D eigenvalue weighted by Crippen LogP contribution is 2.40. The lowest BCUT2D eigenvalue weighted by Gasteiger charge is -2.37. The van der Waals surface area contributed by atoms with Gasteiger partial charge < -0.3 is 23.9 Å². The number of nitrogens with one attached hydrogen (secondary N) is 1. The molecular weight excluding hydrogens is 374 g/mol. The van der Waals surface area contributed by atoms with E-state index in [2.05, 4.69) is 10.2 Å². The maximum atomic E-state index is 12.6. The summed E-state index contributed by atoms with van der Waals surface area (Å²) in [5.41, 5.74) is 0.722. The Bertz CT molecular complexity index is 727. The number of aldehydes is 1. The Kier molecular flexibility index (Phi) is 8.48. The summed E-state index contributed by atoms with van der Waals surface area (Å²) < 4.78 is 16.1. The van der Waals surface area contributed by atoms with Crippen LogP contribution in [-0.4, -0.2) is 81.7 Å². The second-order valence-electron chi connectivity index (χ2n) is 7.02. The molecule has 1 aromatic carbocycles. The van der Waals surface area contributed by atoms with Gasteiger partial charge in [0.1, 0.15) is 6.17 Å². The molecule has 1 N–H and O–H groups in total. The van der Waals surface area contributed by atoms with Gasteiger partial charge >= 0.3 is 0 Å². The van der Waals surface area contributed by atoms with E-state index in [1.807, 2.05) is 19.9 Å². The van der Waals surface area contributed by atoms with Crippen LogP contribution in [0.4, 0.5) is 0 Å². The number of benzene rings is 1. The Labute approximate surface area is 172 Å². The Morgan fingerprint density at radius 1 is 1.03 bits per heavy atom. The van der Waals surface area contributed by atoms with Crippen molar-refractivity contribution in [2.75, 3.05) is 47.5 Å². The molecule has 160 valence electrons. The normalized spacial score (nSPS) is 16.1. The molecule has 0 radical (unpaired) electrons. The molecule has 2 rings (SSSR count). The first-order valence-corrected chi connectivity index (χ1v) is 9.66. The zero-order chi connectivity index (χ0) is 21.4. The van der Waals surface area contributed by atoms with Crippen molar-refractivity contribution >= 4 is 18.3 Å². The van der Waals surface area contributed by atoms with Crippen LogP contribution in [0, 0.1) is 0 Å². The fourth-order valence-corrected chi connectivity index (χ4v) is 3.31. The maximum absolute atomic E-state index is 12.6. The van der Waals surface area contributed by atoms with Gasteiger partial charge in [-0.1, -0.05) is 0 Å². The van der Waals surface area contributed by atoms with Crippen molar-refractivity contribution in [2.45, 2.75) is 26.1 Å². The van der Waals surface area contributed by atoms with Crippen molar-refractivity contribution < 1.29 is 23.8 Å². The first-order chi connectivity index (χ1) is 13.9. The number of amides is 1. The van der Waals surface area contributed by atoms with Crippen LogP contribution < -0.4 is 19.5 Å². The molecule has 0 aliphatic carbocycles. The van der Waals surface area contributed by atoms with Crippen molar-refractivity contribution in [2.24, 2.45) is 0 Å². The van der Waals surface area contributed by atoms with Gasteiger partial charge in [0, 0.05) is 43.9 Å². The van der Waals surface area contributed by atoms with E-state index in [0.29, 0.717) is 43.4 Å². The maximum Gasteiger partial charge on any atom is 0.246 e. The van der Waals surface area contributed by atoms with E-state index in [-0.39, 0.29) is 18.1 Å². The molecule has 1 amide bonds. The third-order valence-corrected chi connectivity index (χ3v) is 4.79. The van der Waals surface area contributed by atoms with E-state index in [9.17, 15) is 9.59 Å². The molecule has 1 aliphatic heterocycles. The topological polar surface area (TPSA) is 80.3 Å². The fraction of sp³-hybridized carbons (Fsp3) is 0.524. The lowest BCUT2D eigenvalue weighted by Crippen LogP contribution is -2.57. The molecule has 1 aromatic rings. The number of carbonyl (C=O) groups excluding carboxylic acids is 2. The molecule has 29 heavy (non-hydrogen) atoms. The molecular formula is C21H31N3O5. The van der Waals surface area contributed by atoms with Crippen LogP contribution in [-0.2, 0) is 9.59 Å². The van der Waals surface area contributed by atoms with E-state index >= 15 is 0 Å². The van der Waals surface area contributed by atoms with Crippen LogP contribution in [0.25, 0.3) is 6.08 Å². The van der Waals surface area contributed by atoms with Crippen molar-refractivity contribution in [3.05, 3.63) is 23.8 Å². The van der Waals surface area contributed by atoms with Gasteiger partial charge in [-0.15, -0.1) is 0 Å². The SMILES string of the molecule is COc1ccc(/C=C/C(=O)N2CCN(C(C=O)NC(C)C)CC2)c(OC)c1OC. The average Bonchev–Trinajstić information content (AvgIpc) is 2.74. The van der Waals surface area contributed by atoms with Crippen LogP contribution in [0.2, 0.25) is 0 Å². The lowest BCUT2D eigenvalue weighted by molar-refractivity contribution is -0.128. The minimum atomic E-state index is -0.321. The monoisotopic (exact) mass is 405 g/mol. The van der Waals surface area contributed by atoms with Crippen LogP contribution in [0.15, 0.2) is 18.2 Å². The lowest BCUT2D eigenvalue weighted by atomic mass is 10.1. The molecule has 0 spiro atoms. The Hall–Kier alpha value is -2.58. The van der Waals surface area contributed by atoms with Crippen molar-refractivity contribution in [3.63, 3.8) is 0 Å². The number of hydrogen-bond acceptors (Lipinski definition) is 7. The van der Waals surface area contributed by atoms with Gasteiger partial charge in [0.15, 0.2) is 17.8 Å². The van der Waals surface area contributed by atoms with Crippen molar-refractivity contribution in [3.8, 4) is 17.2 Å². The highest BCUT2D eigenvalue weighted by atomic mass is 16.5. The molecule has 1 aliphatic rings. The molecule has 0 saturated carbocycles. The molecule has 0 aromatic heterocycles. The predicted octanol–water partition coefficient (Wildman–Crippen LogP) is 1.39. The fourth-order valence-electron chi connectivity index (χ4n) is 3.31. The largest absolute Gasteiger partial charge is 0.493 e. The standard InChI is InChI=1S/C21H31N3O5/c1-15(2)22-18(14-25)23-10-12-24(13-11-23)19(26)9-7-16-6-8-17(27-3)21(29-5)20(16)28-4/h6-9,14-15,18,22H,10-13H2,1-5H3/b9-7+. The number of piperazine rings is 1. The highest BCUT2D eigenvalue weighted by Gasteiger charge is 2.25. The van der Waals surface area contributed by atoms with Gasteiger partial charge in [-0.2, -0.15) is 0 Å². The van der Waals surface area contributed by atoms with Gasteiger partial charge in [-0.3, -0.25) is 15.0 Å². The molecule has 1 saturated heterocycles. The summed E-state index contributed by atoms with van der Waals surface area (Å²) in [5, 5.41) is 3.23. The number of methoxy groups -OCH3 is 3. The van der Waals surface area contributed by atoms with Gasteiger partial charge in [-0.05, 0) is 32.1 Å². The van der Waals surface area contributed by atoms with E-state index in [0.717, 1.165) is 11.8 Å². The van der Waals surface area contributed by atoms with Gasteiger partial charge in [0.2, 0.25) is 11.7 Å². The number of ether oxygens (including phenoxy) is 3.